The van der Waals surface area contributed by atoms with Crippen molar-refractivity contribution in [3.05, 3.63) is 30.1 Å². The molecule has 0 amide bonds. The van der Waals surface area contributed by atoms with Gasteiger partial charge in [0.25, 0.3) is 6.47 Å². The number of fused-ring (bicyclic) bond motifs is 1. The molecule has 4 nitrogen and oxygen atoms in total. The lowest BCUT2D eigenvalue weighted by atomic mass is 10.4. The molecule has 0 bridgehead atoms. The summed E-state index contributed by atoms with van der Waals surface area (Å²) in [5, 5.41) is 0. The summed E-state index contributed by atoms with van der Waals surface area (Å²) in [6.45, 7) is 2.23. The molecule has 13 heavy (non-hydrogen) atoms. The van der Waals surface area contributed by atoms with Crippen LogP contribution in [0.15, 0.2) is 24.4 Å². The van der Waals surface area contributed by atoms with Crippen molar-refractivity contribution in [1.29, 1.82) is 0 Å². The van der Waals surface area contributed by atoms with E-state index >= 15 is 0 Å². The molecule has 0 atom stereocenters. The first-order valence-corrected chi connectivity index (χ1v) is 3.87. The minimum atomic E-state index is 0.362. The number of aryl methyl sites for hydroxylation is 1. The zero-order chi connectivity index (χ0) is 9.26. The van der Waals surface area contributed by atoms with Gasteiger partial charge in [-0.1, -0.05) is 6.07 Å². The molecule has 0 unspecified atom stereocenters. The maximum Gasteiger partial charge on any atom is 0.299 e. The van der Waals surface area contributed by atoms with E-state index in [-0.39, 0.29) is 0 Å². The van der Waals surface area contributed by atoms with Gasteiger partial charge in [-0.25, -0.2) is 0 Å². The molecule has 0 saturated carbocycles. The smallest absolute Gasteiger partial charge is 0.299 e. The van der Waals surface area contributed by atoms with Gasteiger partial charge in [0.05, 0.1) is 5.69 Å². The third-order valence-corrected chi connectivity index (χ3v) is 1.89. The van der Waals surface area contributed by atoms with Gasteiger partial charge in [0.2, 0.25) is 5.88 Å². The van der Waals surface area contributed by atoms with Crippen molar-refractivity contribution in [2.75, 3.05) is 0 Å². The lowest BCUT2D eigenvalue weighted by Crippen LogP contribution is -1.91. The van der Waals surface area contributed by atoms with Crippen LogP contribution in [0, 0.1) is 6.92 Å². The Morgan fingerprint density at radius 2 is 2.38 bits per heavy atom. The van der Waals surface area contributed by atoms with Crippen LogP contribution in [0.1, 0.15) is 5.69 Å². The largest absolute Gasteiger partial charge is 0.408 e. The first kappa shape index (κ1) is 7.79. The Balaban J connectivity index is 2.66. The van der Waals surface area contributed by atoms with Crippen LogP contribution < -0.4 is 4.74 Å². The van der Waals surface area contributed by atoms with E-state index in [1.54, 1.807) is 0 Å². The molecule has 0 aliphatic heterocycles. The number of pyridine rings is 1. The average Bonchev–Trinajstić information content (AvgIpc) is 2.46. The van der Waals surface area contributed by atoms with E-state index in [1.165, 1.54) is 0 Å². The normalized spacial score (nSPS) is 10.2. The first-order chi connectivity index (χ1) is 6.33. The summed E-state index contributed by atoms with van der Waals surface area (Å²) in [6.07, 6.45) is 1.87. The summed E-state index contributed by atoms with van der Waals surface area (Å²) in [7, 11) is 0. The second kappa shape index (κ2) is 2.90. The summed E-state index contributed by atoms with van der Waals surface area (Å²) in [6, 6.07) is 5.63. The molecule has 0 spiro atoms. The van der Waals surface area contributed by atoms with Crippen LogP contribution in [-0.4, -0.2) is 15.9 Å². The number of hydrogen-bond acceptors (Lipinski definition) is 3. The molecule has 4 heteroatoms. The molecule has 0 N–H and O–H groups in total. The number of nitrogens with zero attached hydrogens (tertiary/aromatic N) is 2. The Morgan fingerprint density at radius 1 is 1.54 bits per heavy atom. The van der Waals surface area contributed by atoms with E-state index in [1.807, 2.05) is 35.7 Å². The number of rotatable bonds is 2. The minimum Gasteiger partial charge on any atom is -0.408 e. The predicted octanol–water partition coefficient (Wildman–Crippen LogP) is 1.18. The highest BCUT2D eigenvalue weighted by Gasteiger charge is 2.07. The Hall–Kier alpha value is -1.84. The number of imidazole rings is 1. The highest BCUT2D eigenvalue weighted by atomic mass is 16.5. The van der Waals surface area contributed by atoms with Gasteiger partial charge in [-0.3, -0.25) is 4.79 Å². The summed E-state index contributed by atoms with van der Waals surface area (Å²) in [4.78, 5) is 14.2. The molecule has 0 aliphatic rings. The van der Waals surface area contributed by atoms with Crippen LogP contribution in [-0.2, 0) is 4.79 Å². The lowest BCUT2D eigenvalue weighted by Gasteiger charge is -1.93. The fourth-order valence-electron chi connectivity index (χ4n) is 1.25. The van der Waals surface area contributed by atoms with Crippen LogP contribution >= 0.6 is 0 Å². The summed E-state index contributed by atoms with van der Waals surface area (Å²) in [5.74, 6) is 0.362. The third kappa shape index (κ3) is 1.16. The molecule has 0 fully saturated rings. The van der Waals surface area contributed by atoms with Gasteiger partial charge in [-0.15, -0.1) is 0 Å². The number of ether oxygens (including phenoxy) is 1. The molecule has 2 aromatic heterocycles. The fourth-order valence-corrected chi connectivity index (χ4v) is 1.25. The van der Waals surface area contributed by atoms with Crippen molar-refractivity contribution in [2.45, 2.75) is 6.92 Å². The van der Waals surface area contributed by atoms with Gasteiger partial charge >= 0.3 is 0 Å². The number of aromatic nitrogens is 2. The van der Waals surface area contributed by atoms with Crippen molar-refractivity contribution < 1.29 is 9.53 Å². The molecule has 0 radical (unpaired) electrons. The Bertz CT molecular complexity index is 448. The molecule has 0 aliphatic carbocycles. The van der Waals surface area contributed by atoms with Crippen LogP contribution in [0.3, 0.4) is 0 Å². The predicted molar refractivity (Wildman–Crippen MR) is 46.6 cm³/mol. The average molecular weight is 176 g/mol. The second-order valence-corrected chi connectivity index (χ2v) is 2.65. The number of carbonyl (C=O) groups excluding carboxylic acids is 1. The number of carbonyl (C=O) groups is 1. The van der Waals surface area contributed by atoms with Crippen LogP contribution in [0.2, 0.25) is 0 Å². The standard InChI is InChI=1S/C9H8N2O2/c1-7-9(13-6-12)10-8-4-2-3-5-11(7)8/h2-6H,1H3. The van der Waals surface area contributed by atoms with Gasteiger partial charge < -0.3 is 9.14 Å². The molecule has 2 aromatic rings. The van der Waals surface area contributed by atoms with Crippen molar-refractivity contribution in [3.8, 4) is 5.88 Å². The van der Waals surface area contributed by atoms with E-state index in [2.05, 4.69) is 4.98 Å². The molecule has 2 heterocycles. The topological polar surface area (TPSA) is 43.6 Å². The van der Waals surface area contributed by atoms with Crippen LogP contribution in [0.25, 0.3) is 5.65 Å². The Labute approximate surface area is 74.8 Å². The SMILES string of the molecule is Cc1c(OC=O)nc2ccccn12. The maximum atomic E-state index is 10.1. The Kier molecular flexibility index (Phi) is 1.73. The van der Waals surface area contributed by atoms with Crippen molar-refractivity contribution in [2.24, 2.45) is 0 Å². The summed E-state index contributed by atoms with van der Waals surface area (Å²) in [5.41, 5.74) is 1.60. The Morgan fingerprint density at radius 3 is 3.08 bits per heavy atom. The zero-order valence-corrected chi connectivity index (χ0v) is 7.10. The van der Waals surface area contributed by atoms with Gasteiger partial charge in [-0.2, -0.15) is 4.98 Å². The van der Waals surface area contributed by atoms with E-state index in [4.69, 9.17) is 4.74 Å². The van der Waals surface area contributed by atoms with E-state index in [0.717, 1.165) is 11.3 Å². The monoisotopic (exact) mass is 176 g/mol. The highest BCUT2D eigenvalue weighted by Crippen LogP contribution is 2.17. The molecule has 0 aromatic carbocycles. The zero-order valence-electron chi connectivity index (χ0n) is 7.10. The highest BCUT2D eigenvalue weighted by molar-refractivity contribution is 5.50. The molecule has 2 rings (SSSR count). The molecule has 0 saturated heterocycles. The van der Waals surface area contributed by atoms with Gasteiger partial charge in [-0.05, 0) is 19.1 Å². The van der Waals surface area contributed by atoms with Crippen LogP contribution in [0.4, 0.5) is 0 Å². The third-order valence-electron chi connectivity index (χ3n) is 1.89. The number of hydrogen-bond donors (Lipinski definition) is 0. The summed E-state index contributed by atoms with van der Waals surface area (Å²) < 4.78 is 6.57. The van der Waals surface area contributed by atoms with Crippen LogP contribution in [0.5, 0.6) is 5.88 Å². The molecular formula is C9H8N2O2. The van der Waals surface area contributed by atoms with E-state index < -0.39 is 0 Å². The van der Waals surface area contributed by atoms with E-state index in [0.29, 0.717) is 12.4 Å². The molecular weight excluding hydrogens is 168 g/mol. The maximum absolute atomic E-state index is 10.1. The second-order valence-electron chi connectivity index (χ2n) is 2.65. The minimum absolute atomic E-state index is 0.362. The van der Waals surface area contributed by atoms with Crippen molar-refractivity contribution >= 4 is 12.1 Å². The van der Waals surface area contributed by atoms with Crippen molar-refractivity contribution in [3.63, 3.8) is 0 Å². The van der Waals surface area contributed by atoms with Crippen molar-refractivity contribution in [1.82, 2.24) is 9.38 Å². The van der Waals surface area contributed by atoms with Gasteiger partial charge in [0.15, 0.2) is 0 Å². The lowest BCUT2D eigenvalue weighted by molar-refractivity contribution is -0.120. The quantitative estimate of drug-likeness (QED) is 0.645. The summed E-state index contributed by atoms with van der Waals surface area (Å²) >= 11 is 0. The van der Waals surface area contributed by atoms with E-state index in [9.17, 15) is 4.79 Å². The van der Waals surface area contributed by atoms with Gasteiger partial charge in [0.1, 0.15) is 5.65 Å². The van der Waals surface area contributed by atoms with Gasteiger partial charge in [0, 0.05) is 6.20 Å². The fraction of sp³-hybridized carbons (Fsp3) is 0.111. The molecule has 66 valence electrons. The first-order valence-electron chi connectivity index (χ1n) is 3.87.